The molecule has 24 heavy (non-hydrogen) atoms. The van der Waals surface area contributed by atoms with Crippen molar-refractivity contribution in [3.8, 4) is 10.6 Å². The summed E-state index contributed by atoms with van der Waals surface area (Å²) >= 11 is 3.43. The molecule has 2 aromatic rings. The van der Waals surface area contributed by atoms with Crippen molar-refractivity contribution in [2.75, 3.05) is 6.54 Å². The van der Waals surface area contributed by atoms with E-state index >= 15 is 0 Å². The number of hydrogen-bond acceptors (Lipinski definition) is 5. The van der Waals surface area contributed by atoms with Gasteiger partial charge in [0.05, 0.1) is 15.6 Å². The van der Waals surface area contributed by atoms with Crippen LogP contribution in [0.5, 0.6) is 0 Å². The number of nitrogens with one attached hydrogen (secondary N) is 1. The van der Waals surface area contributed by atoms with Crippen molar-refractivity contribution in [1.82, 2.24) is 10.3 Å². The first-order valence-corrected chi connectivity index (χ1v) is 9.86. The smallest absolute Gasteiger partial charge is 0.223 e. The molecule has 1 aliphatic rings. The zero-order valence-electron chi connectivity index (χ0n) is 13.8. The number of aryl methyl sites for hydroxylation is 1. The summed E-state index contributed by atoms with van der Waals surface area (Å²) in [5.41, 5.74) is 7.02. The number of hydrogen-bond donors (Lipinski definition) is 2. The standard InChI is InChI=1S/C17H23N3OS2.ClH/c1-11-20-15(10-22-11)16-6-5-14(23-16)7-8-19-17(21)12-3-2-4-13(18)9-12;/h5-6,10,12-13H,2-4,7-9,18H2,1H3,(H,19,21);1H. The molecule has 2 unspecified atom stereocenters. The minimum absolute atomic E-state index is 0. The van der Waals surface area contributed by atoms with E-state index in [9.17, 15) is 4.79 Å². The van der Waals surface area contributed by atoms with E-state index in [-0.39, 0.29) is 30.3 Å². The molecule has 1 amide bonds. The fraction of sp³-hybridized carbons (Fsp3) is 0.529. The van der Waals surface area contributed by atoms with Crippen LogP contribution in [-0.2, 0) is 11.2 Å². The number of halogens is 1. The molecule has 0 spiro atoms. The van der Waals surface area contributed by atoms with Crippen LogP contribution in [0, 0.1) is 12.8 Å². The lowest BCUT2D eigenvalue weighted by Crippen LogP contribution is -2.38. The van der Waals surface area contributed by atoms with Gasteiger partial charge in [0.1, 0.15) is 0 Å². The molecular weight excluding hydrogens is 362 g/mol. The summed E-state index contributed by atoms with van der Waals surface area (Å²) in [7, 11) is 0. The van der Waals surface area contributed by atoms with Gasteiger partial charge in [0, 0.05) is 28.8 Å². The van der Waals surface area contributed by atoms with Gasteiger partial charge in [-0.05, 0) is 44.7 Å². The van der Waals surface area contributed by atoms with Crippen molar-refractivity contribution < 1.29 is 4.79 Å². The molecule has 1 fully saturated rings. The number of amides is 1. The summed E-state index contributed by atoms with van der Waals surface area (Å²) in [6.07, 6.45) is 4.81. The predicted octanol–water partition coefficient (Wildman–Crippen LogP) is 3.78. The van der Waals surface area contributed by atoms with E-state index in [4.69, 9.17) is 5.73 Å². The molecule has 0 radical (unpaired) electrons. The van der Waals surface area contributed by atoms with Gasteiger partial charge in [0.2, 0.25) is 5.91 Å². The fourth-order valence-corrected chi connectivity index (χ4v) is 4.70. The zero-order valence-corrected chi connectivity index (χ0v) is 16.2. The Balaban J connectivity index is 0.00000208. The largest absolute Gasteiger partial charge is 0.356 e. The Morgan fingerprint density at radius 3 is 2.96 bits per heavy atom. The van der Waals surface area contributed by atoms with Gasteiger partial charge >= 0.3 is 0 Å². The van der Waals surface area contributed by atoms with E-state index in [1.165, 1.54) is 9.75 Å². The second kappa shape index (κ2) is 8.94. The highest BCUT2D eigenvalue weighted by atomic mass is 35.5. The van der Waals surface area contributed by atoms with E-state index in [1.54, 1.807) is 22.7 Å². The monoisotopic (exact) mass is 385 g/mol. The molecule has 132 valence electrons. The van der Waals surface area contributed by atoms with Crippen LogP contribution in [0.25, 0.3) is 10.6 Å². The lowest BCUT2D eigenvalue weighted by Gasteiger charge is -2.25. The van der Waals surface area contributed by atoms with E-state index in [1.807, 2.05) is 6.92 Å². The molecule has 0 bridgehead atoms. The Bertz CT molecular complexity index is 670. The van der Waals surface area contributed by atoms with Crippen molar-refractivity contribution in [2.45, 2.75) is 45.1 Å². The molecule has 3 N–H and O–H groups in total. The van der Waals surface area contributed by atoms with E-state index in [2.05, 4.69) is 27.8 Å². The number of carbonyl (C=O) groups is 1. The molecule has 3 rings (SSSR count). The van der Waals surface area contributed by atoms with Crippen LogP contribution in [0.4, 0.5) is 0 Å². The highest BCUT2D eigenvalue weighted by molar-refractivity contribution is 7.16. The highest BCUT2D eigenvalue weighted by Gasteiger charge is 2.24. The molecular formula is C17H24ClN3OS2. The number of thiazole rings is 1. The van der Waals surface area contributed by atoms with Crippen LogP contribution in [0.3, 0.4) is 0 Å². The number of aromatic nitrogens is 1. The molecule has 0 aromatic carbocycles. The molecule has 2 atom stereocenters. The SMILES string of the molecule is Cc1nc(-c2ccc(CCNC(=O)C3CCCC(N)C3)s2)cs1.Cl. The minimum Gasteiger partial charge on any atom is -0.356 e. The molecule has 2 aromatic heterocycles. The van der Waals surface area contributed by atoms with E-state index in [0.29, 0.717) is 6.54 Å². The topological polar surface area (TPSA) is 68.0 Å². The van der Waals surface area contributed by atoms with E-state index < -0.39 is 0 Å². The first-order chi connectivity index (χ1) is 11.1. The molecule has 1 saturated carbocycles. The fourth-order valence-electron chi connectivity index (χ4n) is 3.05. The summed E-state index contributed by atoms with van der Waals surface area (Å²) in [5, 5.41) is 6.26. The van der Waals surface area contributed by atoms with Crippen molar-refractivity contribution >= 4 is 41.0 Å². The second-order valence-corrected chi connectivity index (χ2v) is 8.41. The van der Waals surface area contributed by atoms with Gasteiger partial charge in [-0.2, -0.15) is 0 Å². The third-order valence-electron chi connectivity index (χ3n) is 4.29. The van der Waals surface area contributed by atoms with Crippen molar-refractivity contribution in [2.24, 2.45) is 11.7 Å². The summed E-state index contributed by atoms with van der Waals surface area (Å²) in [5.74, 6) is 0.280. The Morgan fingerprint density at radius 1 is 1.42 bits per heavy atom. The maximum absolute atomic E-state index is 12.2. The summed E-state index contributed by atoms with van der Waals surface area (Å²) in [4.78, 5) is 19.2. The maximum Gasteiger partial charge on any atom is 0.223 e. The lowest BCUT2D eigenvalue weighted by atomic mass is 9.85. The average Bonchev–Trinajstić information content (AvgIpc) is 3.16. The van der Waals surface area contributed by atoms with Crippen molar-refractivity contribution in [3.63, 3.8) is 0 Å². The number of nitrogens with two attached hydrogens (primary N) is 1. The van der Waals surface area contributed by atoms with Crippen molar-refractivity contribution in [3.05, 3.63) is 27.4 Å². The van der Waals surface area contributed by atoms with Gasteiger partial charge in [0.25, 0.3) is 0 Å². The summed E-state index contributed by atoms with van der Waals surface area (Å²) < 4.78 is 0. The molecule has 2 heterocycles. The molecule has 0 aliphatic heterocycles. The number of nitrogens with zero attached hydrogens (tertiary/aromatic N) is 1. The van der Waals surface area contributed by atoms with Gasteiger partial charge in [-0.1, -0.05) is 6.42 Å². The third-order valence-corrected chi connectivity index (χ3v) is 6.23. The average molecular weight is 386 g/mol. The number of rotatable bonds is 5. The first-order valence-electron chi connectivity index (χ1n) is 8.16. The van der Waals surface area contributed by atoms with Crippen LogP contribution in [0.15, 0.2) is 17.5 Å². The Morgan fingerprint density at radius 2 is 2.25 bits per heavy atom. The van der Waals surface area contributed by atoms with Gasteiger partial charge in [0.15, 0.2) is 0 Å². The second-order valence-electron chi connectivity index (χ2n) is 6.18. The maximum atomic E-state index is 12.2. The molecule has 4 nitrogen and oxygen atoms in total. The molecule has 0 saturated heterocycles. The first kappa shape index (κ1) is 19.4. The van der Waals surface area contributed by atoms with Crippen LogP contribution >= 0.6 is 35.1 Å². The summed E-state index contributed by atoms with van der Waals surface area (Å²) in [6, 6.07) is 4.45. The molecule has 1 aliphatic carbocycles. The highest BCUT2D eigenvalue weighted by Crippen LogP contribution is 2.29. The zero-order chi connectivity index (χ0) is 16.2. The van der Waals surface area contributed by atoms with E-state index in [0.717, 1.165) is 42.8 Å². The van der Waals surface area contributed by atoms with Gasteiger partial charge < -0.3 is 11.1 Å². The Kier molecular flexibility index (Phi) is 7.22. The van der Waals surface area contributed by atoms with Crippen molar-refractivity contribution in [1.29, 1.82) is 0 Å². The Hall–Kier alpha value is -0.950. The minimum atomic E-state index is 0. The van der Waals surface area contributed by atoms with Gasteiger partial charge in [-0.25, -0.2) is 4.98 Å². The quantitative estimate of drug-likeness (QED) is 0.822. The number of carbonyl (C=O) groups excluding carboxylic acids is 1. The number of thiophene rings is 1. The summed E-state index contributed by atoms with van der Waals surface area (Å²) in [6.45, 7) is 2.72. The third kappa shape index (κ3) is 5.02. The molecule has 7 heteroatoms. The van der Waals surface area contributed by atoms with Crippen LogP contribution < -0.4 is 11.1 Å². The predicted molar refractivity (Wildman–Crippen MR) is 104 cm³/mol. The van der Waals surface area contributed by atoms with Crippen LogP contribution in [0.2, 0.25) is 0 Å². The van der Waals surface area contributed by atoms with Gasteiger partial charge in [-0.15, -0.1) is 35.1 Å². The van der Waals surface area contributed by atoms with Crippen LogP contribution in [-0.4, -0.2) is 23.5 Å². The normalized spacial score (nSPS) is 20.4. The van der Waals surface area contributed by atoms with Crippen LogP contribution in [0.1, 0.15) is 35.6 Å². The van der Waals surface area contributed by atoms with Gasteiger partial charge in [-0.3, -0.25) is 4.79 Å². The lowest BCUT2D eigenvalue weighted by molar-refractivity contribution is -0.126. The Labute approximate surface area is 157 Å².